The first-order valence-electron chi connectivity index (χ1n) is 23.5. The van der Waals surface area contributed by atoms with E-state index in [0.29, 0.717) is 41.9 Å². The van der Waals surface area contributed by atoms with E-state index in [4.69, 9.17) is 4.74 Å². The third-order valence-electron chi connectivity index (χ3n) is 18.6. The molecular formula is C51H77N3O6. The number of allylic oxidation sites excluding steroid dienone is 1. The lowest BCUT2D eigenvalue weighted by atomic mass is 9.32. The number of hydrogen-bond acceptors (Lipinski definition) is 6. The Balaban J connectivity index is 1.03. The summed E-state index contributed by atoms with van der Waals surface area (Å²) >= 11 is 0. The molecular weight excluding hydrogens is 751 g/mol. The zero-order valence-corrected chi connectivity index (χ0v) is 38.6. The lowest BCUT2D eigenvalue weighted by Crippen LogP contribution is -2.67. The zero-order chi connectivity index (χ0) is 43.6. The van der Waals surface area contributed by atoms with E-state index in [0.717, 1.165) is 76.9 Å². The largest absolute Gasteiger partial charge is 0.481 e. The van der Waals surface area contributed by atoms with Gasteiger partial charge in [-0.25, -0.2) is 0 Å². The molecule has 6 aliphatic rings. The maximum Gasteiger partial charge on any atom is 0.306 e. The number of anilines is 1. The first-order chi connectivity index (χ1) is 28.0. The minimum Gasteiger partial charge on any atom is -0.481 e. The fourth-order valence-corrected chi connectivity index (χ4v) is 15.6. The molecule has 332 valence electrons. The van der Waals surface area contributed by atoms with Crippen molar-refractivity contribution in [2.75, 3.05) is 31.5 Å². The second-order valence-corrected chi connectivity index (χ2v) is 23.0. The van der Waals surface area contributed by atoms with Crippen LogP contribution in [0, 0.1) is 62.1 Å². The highest BCUT2D eigenvalue weighted by molar-refractivity contribution is 5.88. The van der Waals surface area contributed by atoms with E-state index < -0.39 is 11.4 Å². The van der Waals surface area contributed by atoms with Crippen LogP contribution in [-0.2, 0) is 30.5 Å². The standard InChI is InChI=1S/C51H77N3O6/c1-33(2)37-17-22-51(29-42(56)54-27-25-53(26-28-54)32-35-11-13-36(14-12-35)52-34(3)55)24-23-49(9)38(45(37)51)15-16-40-48(8)20-19-41(47(6,7)39(48)18-21-50(40,49)10)60-44(59)31-46(4,5)30-43(57)58/h11-14,37-41,45H,1,15-32H2,2-10H3,(H,52,55)(H,57,58)/t37-,38+,39-,40+,41-,45+,48-,49+,50+,51+/m0/s1. The molecule has 0 radical (unpaired) electrons. The number of hydrogen-bond donors (Lipinski definition) is 2. The minimum absolute atomic E-state index is 0.0327. The average Bonchev–Trinajstić information content (AvgIpc) is 3.53. The summed E-state index contributed by atoms with van der Waals surface area (Å²) in [7, 11) is 0. The van der Waals surface area contributed by atoms with Crippen molar-refractivity contribution in [3.63, 3.8) is 0 Å². The van der Waals surface area contributed by atoms with Crippen LogP contribution in [0.2, 0.25) is 0 Å². The third-order valence-corrected chi connectivity index (χ3v) is 18.6. The molecule has 1 aromatic rings. The SMILES string of the molecule is C=C(C)[C@@H]1CC[C@]2(CC(=O)N3CCN(Cc4ccc(NC(C)=O)cc4)CC3)CC[C@]3(C)[C@H](CC[C@@H]4[C@@]5(C)CC[C@H](OC(=O)CC(C)(C)CC(=O)O)C(C)(C)[C@@H]5CC[C@]43C)[C@@H]12. The number of carbonyl (C=O) groups excluding carboxylic acids is 3. The van der Waals surface area contributed by atoms with Crippen LogP contribution < -0.4 is 5.32 Å². The van der Waals surface area contributed by atoms with Gasteiger partial charge in [0.1, 0.15) is 6.10 Å². The Hall–Kier alpha value is -3.20. The number of ether oxygens (including phenoxy) is 1. The van der Waals surface area contributed by atoms with Crippen LogP contribution in [0.15, 0.2) is 36.4 Å². The maximum atomic E-state index is 14.5. The molecule has 5 saturated carbocycles. The van der Waals surface area contributed by atoms with Gasteiger partial charge in [-0.1, -0.05) is 72.8 Å². The molecule has 0 unspecified atom stereocenters. The summed E-state index contributed by atoms with van der Waals surface area (Å²) < 4.78 is 6.31. The summed E-state index contributed by atoms with van der Waals surface area (Å²) in [5.41, 5.74) is 3.04. The van der Waals surface area contributed by atoms with E-state index in [1.165, 1.54) is 43.7 Å². The van der Waals surface area contributed by atoms with E-state index in [2.05, 4.69) is 75.4 Å². The zero-order valence-electron chi connectivity index (χ0n) is 38.6. The quantitative estimate of drug-likeness (QED) is 0.169. The Morgan fingerprint density at radius 1 is 0.817 bits per heavy atom. The highest BCUT2D eigenvalue weighted by Crippen LogP contribution is 2.78. The Morgan fingerprint density at radius 3 is 2.13 bits per heavy atom. The van der Waals surface area contributed by atoms with E-state index in [1.54, 1.807) is 0 Å². The highest BCUT2D eigenvalue weighted by Gasteiger charge is 2.71. The number of amides is 2. The van der Waals surface area contributed by atoms with Crippen LogP contribution in [0.4, 0.5) is 5.69 Å². The summed E-state index contributed by atoms with van der Waals surface area (Å²) in [4.78, 5) is 55.3. The van der Waals surface area contributed by atoms with Gasteiger partial charge in [0.25, 0.3) is 0 Å². The fraction of sp³-hybridized carbons (Fsp3) is 0.765. The molecule has 1 aliphatic heterocycles. The van der Waals surface area contributed by atoms with Gasteiger partial charge in [-0.2, -0.15) is 0 Å². The number of fused-ring (bicyclic) bond motifs is 7. The second-order valence-electron chi connectivity index (χ2n) is 23.0. The summed E-state index contributed by atoms with van der Waals surface area (Å²) in [5.74, 6) is 1.67. The summed E-state index contributed by atoms with van der Waals surface area (Å²) in [6.07, 6.45) is 11.8. The van der Waals surface area contributed by atoms with Crippen molar-refractivity contribution < 1.29 is 29.0 Å². The first kappa shape index (κ1) is 44.8. The molecule has 0 spiro atoms. The smallest absolute Gasteiger partial charge is 0.306 e. The van der Waals surface area contributed by atoms with Crippen molar-refractivity contribution in [2.45, 2.75) is 158 Å². The number of nitrogens with one attached hydrogen (secondary N) is 1. The highest BCUT2D eigenvalue weighted by atomic mass is 16.5. The Kier molecular flexibility index (Phi) is 12.1. The Labute approximate surface area is 361 Å². The molecule has 1 aromatic carbocycles. The maximum absolute atomic E-state index is 14.5. The van der Waals surface area contributed by atoms with Crippen LogP contribution in [0.25, 0.3) is 0 Å². The number of esters is 1. The monoisotopic (exact) mass is 828 g/mol. The van der Waals surface area contributed by atoms with Gasteiger partial charge in [-0.05, 0) is 145 Å². The summed E-state index contributed by atoms with van der Waals surface area (Å²) in [6, 6.07) is 8.09. The van der Waals surface area contributed by atoms with Gasteiger partial charge in [0, 0.05) is 57.2 Å². The minimum atomic E-state index is -0.887. The van der Waals surface area contributed by atoms with Crippen LogP contribution in [0.3, 0.4) is 0 Å². The van der Waals surface area contributed by atoms with E-state index in [9.17, 15) is 24.3 Å². The van der Waals surface area contributed by atoms with Gasteiger partial charge in [-0.3, -0.25) is 24.1 Å². The van der Waals surface area contributed by atoms with Crippen molar-refractivity contribution in [3.8, 4) is 0 Å². The molecule has 0 bridgehead atoms. The number of nitrogens with zero attached hydrogens (tertiary/aromatic N) is 2. The second kappa shape index (κ2) is 16.2. The predicted octanol–water partition coefficient (Wildman–Crippen LogP) is 10.1. The van der Waals surface area contributed by atoms with E-state index in [1.807, 2.05) is 26.0 Å². The fourth-order valence-electron chi connectivity index (χ4n) is 15.6. The molecule has 1 heterocycles. The van der Waals surface area contributed by atoms with Crippen molar-refractivity contribution >= 4 is 29.4 Å². The molecule has 0 aromatic heterocycles. The molecule has 9 nitrogen and oxygen atoms in total. The topological polar surface area (TPSA) is 116 Å². The number of rotatable bonds is 11. The van der Waals surface area contributed by atoms with Gasteiger partial charge >= 0.3 is 11.9 Å². The normalized spacial score (nSPS) is 37.5. The third kappa shape index (κ3) is 8.00. The lowest BCUT2D eigenvalue weighted by molar-refractivity contribution is -0.250. The molecule has 10 atom stereocenters. The van der Waals surface area contributed by atoms with Crippen molar-refractivity contribution in [3.05, 3.63) is 42.0 Å². The molecule has 9 heteroatoms. The molecule has 1 saturated heterocycles. The van der Waals surface area contributed by atoms with Crippen molar-refractivity contribution in [1.82, 2.24) is 9.80 Å². The molecule has 2 amide bonds. The van der Waals surface area contributed by atoms with Gasteiger partial charge in [0.2, 0.25) is 11.8 Å². The lowest BCUT2D eigenvalue weighted by Gasteiger charge is -2.73. The first-order valence-corrected chi connectivity index (χ1v) is 23.5. The van der Waals surface area contributed by atoms with E-state index >= 15 is 0 Å². The van der Waals surface area contributed by atoms with Gasteiger partial charge in [0.15, 0.2) is 0 Å². The molecule has 6 fully saturated rings. The predicted molar refractivity (Wildman–Crippen MR) is 237 cm³/mol. The number of benzene rings is 1. The Morgan fingerprint density at radius 2 is 1.50 bits per heavy atom. The van der Waals surface area contributed by atoms with Crippen LogP contribution >= 0.6 is 0 Å². The van der Waals surface area contributed by atoms with Crippen LogP contribution in [0.1, 0.15) is 151 Å². The van der Waals surface area contributed by atoms with Crippen molar-refractivity contribution in [2.24, 2.45) is 62.1 Å². The molecule has 5 aliphatic carbocycles. The number of carboxylic acid groups (broad SMARTS) is 1. The number of piperazine rings is 1. The number of carboxylic acids is 1. The van der Waals surface area contributed by atoms with Gasteiger partial charge in [-0.15, -0.1) is 0 Å². The van der Waals surface area contributed by atoms with Gasteiger partial charge < -0.3 is 20.1 Å². The van der Waals surface area contributed by atoms with Gasteiger partial charge in [0.05, 0.1) is 12.8 Å². The summed E-state index contributed by atoms with van der Waals surface area (Å²) in [5, 5.41) is 12.2. The van der Waals surface area contributed by atoms with Crippen molar-refractivity contribution in [1.29, 1.82) is 0 Å². The number of aliphatic carboxylic acids is 1. The number of carbonyl (C=O) groups is 4. The van der Waals surface area contributed by atoms with E-state index in [-0.39, 0.29) is 57.9 Å². The Bertz CT molecular complexity index is 1830. The van der Waals surface area contributed by atoms with Crippen LogP contribution in [-0.4, -0.2) is 70.9 Å². The molecule has 60 heavy (non-hydrogen) atoms. The average molecular weight is 828 g/mol. The summed E-state index contributed by atoms with van der Waals surface area (Å²) in [6.45, 7) is 28.8. The van der Waals surface area contributed by atoms with Crippen LogP contribution in [0.5, 0.6) is 0 Å². The molecule has 2 N–H and O–H groups in total. The molecule has 7 rings (SSSR count).